The summed E-state index contributed by atoms with van der Waals surface area (Å²) >= 11 is 0. The molecule has 6 nitrogen and oxygen atoms in total. The van der Waals surface area contributed by atoms with Gasteiger partial charge < -0.3 is 9.80 Å². The van der Waals surface area contributed by atoms with E-state index in [1.807, 2.05) is 24.2 Å². The van der Waals surface area contributed by atoms with Crippen LogP contribution in [0.3, 0.4) is 0 Å². The van der Waals surface area contributed by atoms with Crippen LogP contribution < -0.4 is 0 Å². The van der Waals surface area contributed by atoms with E-state index < -0.39 is 0 Å². The third-order valence-electron chi connectivity index (χ3n) is 5.71. The number of amides is 1. The lowest BCUT2D eigenvalue weighted by molar-refractivity contribution is -0.133. The minimum atomic E-state index is 0.224. The van der Waals surface area contributed by atoms with E-state index >= 15 is 0 Å². The fourth-order valence-corrected chi connectivity index (χ4v) is 4.23. The molecular formula is C18H31N5O. The largest absolute Gasteiger partial charge is 0.342 e. The van der Waals surface area contributed by atoms with E-state index in [0.29, 0.717) is 12.0 Å². The Kier molecular flexibility index (Phi) is 5.25. The molecule has 1 spiro atoms. The average molecular weight is 333 g/mol. The number of nitrogens with zero attached hydrogens (tertiary/aromatic N) is 5. The summed E-state index contributed by atoms with van der Waals surface area (Å²) in [5, 5.41) is 4.33. The fraction of sp³-hybridized carbons (Fsp3) is 0.778. The molecular weight excluding hydrogens is 302 g/mol. The Hall–Kier alpha value is -1.40. The van der Waals surface area contributed by atoms with Crippen LogP contribution in [0, 0.1) is 0 Å². The Labute approximate surface area is 145 Å². The van der Waals surface area contributed by atoms with Crippen molar-refractivity contribution in [3.8, 4) is 0 Å². The number of carbonyl (C=O) groups is 1. The van der Waals surface area contributed by atoms with E-state index in [-0.39, 0.29) is 5.91 Å². The van der Waals surface area contributed by atoms with Crippen molar-refractivity contribution >= 4 is 5.91 Å². The first-order valence-corrected chi connectivity index (χ1v) is 9.15. The molecule has 134 valence electrons. The van der Waals surface area contributed by atoms with Gasteiger partial charge in [0.05, 0.1) is 12.1 Å². The van der Waals surface area contributed by atoms with Gasteiger partial charge in [0.1, 0.15) is 0 Å². The highest BCUT2D eigenvalue weighted by Gasteiger charge is 2.43. The van der Waals surface area contributed by atoms with Crippen LogP contribution in [0.1, 0.15) is 31.4 Å². The zero-order chi connectivity index (χ0) is 17.2. The van der Waals surface area contributed by atoms with E-state index in [9.17, 15) is 4.79 Å². The maximum Gasteiger partial charge on any atom is 0.228 e. The maximum absolute atomic E-state index is 12.5. The summed E-state index contributed by atoms with van der Waals surface area (Å²) in [6, 6.07) is 1.93. The molecule has 24 heavy (non-hydrogen) atoms. The Morgan fingerprint density at radius 2 is 2.00 bits per heavy atom. The Morgan fingerprint density at radius 1 is 1.25 bits per heavy atom. The second-order valence-corrected chi connectivity index (χ2v) is 7.66. The van der Waals surface area contributed by atoms with Crippen LogP contribution in [0.2, 0.25) is 0 Å². The van der Waals surface area contributed by atoms with Crippen LogP contribution in [0.25, 0.3) is 0 Å². The summed E-state index contributed by atoms with van der Waals surface area (Å²) in [6.45, 7) is 5.27. The maximum atomic E-state index is 12.5. The van der Waals surface area contributed by atoms with Crippen LogP contribution in [-0.2, 0) is 18.3 Å². The number of likely N-dealkylation sites (N-methyl/N-ethyl adjacent to an activating group) is 1. The van der Waals surface area contributed by atoms with Crippen molar-refractivity contribution in [2.45, 2.75) is 37.6 Å². The van der Waals surface area contributed by atoms with Crippen LogP contribution in [-0.4, -0.2) is 82.7 Å². The van der Waals surface area contributed by atoms with E-state index in [1.165, 1.54) is 19.4 Å². The van der Waals surface area contributed by atoms with Crippen LogP contribution in [0.5, 0.6) is 0 Å². The first-order chi connectivity index (χ1) is 11.5. The Balaban J connectivity index is 1.53. The average Bonchev–Trinajstić information content (AvgIpc) is 3.12. The molecule has 0 saturated carbocycles. The minimum absolute atomic E-state index is 0.224. The SMILES string of the molecule is CN(C)CCN1CCCC12CCN(C(=O)Cc1ccn(C)n1)CC2. The summed E-state index contributed by atoms with van der Waals surface area (Å²) in [4.78, 5) is 19.5. The van der Waals surface area contributed by atoms with Crippen molar-refractivity contribution < 1.29 is 4.79 Å². The van der Waals surface area contributed by atoms with Crippen molar-refractivity contribution in [2.75, 3.05) is 46.8 Å². The van der Waals surface area contributed by atoms with Crippen molar-refractivity contribution in [3.05, 3.63) is 18.0 Å². The van der Waals surface area contributed by atoms with Crippen molar-refractivity contribution in [1.82, 2.24) is 24.5 Å². The summed E-state index contributed by atoms with van der Waals surface area (Å²) in [5.41, 5.74) is 1.22. The number of hydrogen-bond donors (Lipinski definition) is 0. The molecule has 0 bridgehead atoms. The number of piperidine rings is 1. The van der Waals surface area contributed by atoms with Crippen molar-refractivity contribution in [1.29, 1.82) is 0 Å². The second kappa shape index (κ2) is 7.23. The zero-order valence-corrected chi connectivity index (χ0v) is 15.4. The number of aromatic nitrogens is 2. The van der Waals surface area contributed by atoms with E-state index in [0.717, 1.165) is 44.7 Å². The molecule has 3 heterocycles. The lowest BCUT2D eigenvalue weighted by atomic mass is 9.84. The summed E-state index contributed by atoms with van der Waals surface area (Å²) in [6.07, 6.45) is 7.16. The molecule has 2 aliphatic rings. The lowest BCUT2D eigenvalue weighted by Crippen LogP contribution is -2.54. The van der Waals surface area contributed by atoms with Crippen molar-refractivity contribution in [2.24, 2.45) is 7.05 Å². The van der Waals surface area contributed by atoms with Gasteiger partial charge in [-0.15, -0.1) is 0 Å². The quantitative estimate of drug-likeness (QED) is 0.806. The summed E-state index contributed by atoms with van der Waals surface area (Å²) in [5.74, 6) is 0.224. The molecule has 0 atom stereocenters. The number of aryl methyl sites for hydroxylation is 1. The molecule has 0 aromatic carbocycles. The highest BCUT2D eigenvalue weighted by atomic mass is 16.2. The van der Waals surface area contributed by atoms with Gasteiger partial charge in [-0.1, -0.05) is 0 Å². The minimum Gasteiger partial charge on any atom is -0.342 e. The third kappa shape index (κ3) is 3.81. The number of rotatable bonds is 5. The highest BCUT2D eigenvalue weighted by molar-refractivity contribution is 5.78. The molecule has 0 unspecified atom stereocenters. The number of likely N-dealkylation sites (tertiary alicyclic amines) is 2. The molecule has 2 aliphatic heterocycles. The van der Waals surface area contributed by atoms with Gasteiger partial charge in [-0.25, -0.2) is 0 Å². The molecule has 3 rings (SSSR count). The monoisotopic (exact) mass is 333 g/mol. The lowest BCUT2D eigenvalue weighted by Gasteiger charge is -2.45. The van der Waals surface area contributed by atoms with Gasteiger partial charge in [0.15, 0.2) is 0 Å². The first kappa shape index (κ1) is 17.4. The van der Waals surface area contributed by atoms with Gasteiger partial charge in [-0.05, 0) is 52.4 Å². The van der Waals surface area contributed by atoms with Crippen LogP contribution >= 0.6 is 0 Å². The number of carbonyl (C=O) groups excluding carboxylic acids is 1. The molecule has 0 radical (unpaired) electrons. The Bertz CT molecular complexity index is 560. The Morgan fingerprint density at radius 3 is 2.62 bits per heavy atom. The van der Waals surface area contributed by atoms with E-state index in [2.05, 4.69) is 29.0 Å². The smallest absolute Gasteiger partial charge is 0.228 e. The fourth-order valence-electron chi connectivity index (χ4n) is 4.23. The normalized spacial score (nSPS) is 21.1. The zero-order valence-electron chi connectivity index (χ0n) is 15.4. The van der Waals surface area contributed by atoms with Crippen molar-refractivity contribution in [3.63, 3.8) is 0 Å². The van der Waals surface area contributed by atoms with E-state index in [4.69, 9.17) is 0 Å². The van der Waals surface area contributed by atoms with Gasteiger partial charge >= 0.3 is 0 Å². The summed E-state index contributed by atoms with van der Waals surface area (Å²) < 4.78 is 1.76. The van der Waals surface area contributed by atoms with Gasteiger partial charge in [0.2, 0.25) is 5.91 Å². The van der Waals surface area contributed by atoms with Crippen LogP contribution in [0.4, 0.5) is 0 Å². The first-order valence-electron chi connectivity index (χ1n) is 9.15. The van der Waals surface area contributed by atoms with Gasteiger partial charge in [-0.3, -0.25) is 14.4 Å². The molecule has 0 aliphatic carbocycles. The van der Waals surface area contributed by atoms with Gasteiger partial charge in [0, 0.05) is 45.0 Å². The predicted octanol–water partition coefficient (Wildman–Crippen LogP) is 0.981. The van der Waals surface area contributed by atoms with Gasteiger partial charge in [-0.2, -0.15) is 5.10 Å². The topological polar surface area (TPSA) is 44.6 Å². The molecule has 2 fully saturated rings. The van der Waals surface area contributed by atoms with Gasteiger partial charge in [0.25, 0.3) is 0 Å². The molecule has 0 N–H and O–H groups in total. The second-order valence-electron chi connectivity index (χ2n) is 7.66. The number of hydrogen-bond acceptors (Lipinski definition) is 4. The van der Waals surface area contributed by atoms with Crippen LogP contribution in [0.15, 0.2) is 12.3 Å². The molecule has 2 saturated heterocycles. The molecule has 1 aromatic heterocycles. The molecule has 6 heteroatoms. The molecule has 1 aromatic rings. The molecule has 1 amide bonds. The highest BCUT2D eigenvalue weighted by Crippen LogP contribution is 2.38. The standard InChI is InChI=1S/C18H31N5O/c1-20(2)13-14-23-9-4-6-18(23)7-11-22(12-8-18)17(24)15-16-5-10-21(3)19-16/h5,10H,4,6-9,11-15H2,1-3H3. The third-order valence-corrected chi connectivity index (χ3v) is 5.71. The predicted molar refractivity (Wildman–Crippen MR) is 94.8 cm³/mol. The summed E-state index contributed by atoms with van der Waals surface area (Å²) in [7, 11) is 6.17. The van der Waals surface area contributed by atoms with E-state index in [1.54, 1.807) is 4.68 Å².